The van der Waals surface area contributed by atoms with Crippen molar-refractivity contribution in [2.24, 2.45) is 5.10 Å². The number of halogens is 1. The van der Waals surface area contributed by atoms with Gasteiger partial charge in [0.15, 0.2) is 5.82 Å². The van der Waals surface area contributed by atoms with E-state index in [1.807, 2.05) is 26.0 Å². The average molecular weight is 391 g/mol. The van der Waals surface area contributed by atoms with Crippen LogP contribution in [-0.4, -0.2) is 26.4 Å². The summed E-state index contributed by atoms with van der Waals surface area (Å²) in [6.45, 7) is 3.89. The fourth-order valence-electron chi connectivity index (χ4n) is 2.53. The number of aromatic nitrogens is 2. The number of benzene rings is 1. The van der Waals surface area contributed by atoms with Gasteiger partial charge in [0.1, 0.15) is 16.4 Å². The molecule has 26 heavy (non-hydrogen) atoms. The van der Waals surface area contributed by atoms with Crippen LogP contribution in [0.15, 0.2) is 40.7 Å². The van der Waals surface area contributed by atoms with Gasteiger partial charge >= 0.3 is 0 Å². The van der Waals surface area contributed by atoms with Crippen LogP contribution in [0.4, 0.5) is 5.82 Å². The van der Waals surface area contributed by atoms with Crippen molar-refractivity contribution in [3.05, 3.63) is 41.2 Å². The number of thioether (sulfide) groups is 1. The highest BCUT2D eigenvalue weighted by atomic mass is 35.5. The summed E-state index contributed by atoms with van der Waals surface area (Å²) in [5.41, 5.74) is 0.829. The van der Waals surface area contributed by atoms with E-state index in [4.69, 9.17) is 11.6 Å². The minimum absolute atomic E-state index is 0.0472. The molecule has 1 amide bonds. The molecule has 6 nitrogen and oxygen atoms in total. The Morgan fingerprint density at radius 2 is 1.73 bits per heavy atom. The highest BCUT2D eigenvalue weighted by Crippen LogP contribution is 2.37. The summed E-state index contributed by atoms with van der Waals surface area (Å²) in [5, 5.41) is 7.68. The van der Waals surface area contributed by atoms with Crippen molar-refractivity contribution in [1.29, 1.82) is 0 Å². The number of nitrogens with zero attached hydrogens (tertiary/aromatic N) is 4. The summed E-state index contributed by atoms with van der Waals surface area (Å²) in [5.74, 6) is 0.221. The minimum Gasteiger partial charge on any atom is -0.274 e. The topological polar surface area (TPSA) is 67.6 Å². The highest BCUT2D eigenvalue weighted by Gasteiger charge is 2.31. The molecule has 0 fully saturated rings. The Morgan fingerprint density at radius 1 is 1.08 bits per heavy atom. The van der Waals surface area contributed by atoms with Crippen LogP contribution in [0.1, 0.15) is 49.9 Å². The SMILES string of the molecule is CCCC(=O)N1N=C(c2ccc(Cl)cc2)Sc2c1ncn2C(=O)CCC. The molecule has 136 valence electrons. The maximum atomic E-state index is 12.6. The second-order valence-electron chi connectivity index (χ2n) is 5.86. The molecule has 2 aromatic rings. The second kappa shape index (κ2) is 8.05. The van der Waals surface area contributed by atoms with E-state index in [-0.39, 0.29) is 11.8 Å². The number of hydrazone groups is 1. The van der Waals surface area contributed by atoms with E-state index in [1.165, 1.54) is 27.7 Å². The van der Waals surface area contributed by atoms with Crippen LogP contribution in [-0.2, 0) is 4.79 Å². The van der Waals surface area contributed by atoms with Crippen molar-refractivity contribution in [2.75, 3.05) is 5.01 Å². The van der Waals surface area contributed by atoms with E-state index in [1.54, 1.807) is 12.1 Å². The second-order valence-corrected chi connectivity index (χ2v) is 7.27. The number of rotatable bonds is 5. The Morgan fingerprint density at radius 3 is 2.38 bits per heavy atom. The molecule has 0 aliphatic carbocycles. The zero-order valence-corrected chi connectivity index (χ0v) is 16.2. The van der Waals surface area contributed by atoms with E-state index in [2.05, 4.69) is 10.1 Å². The van der Waals surface area contributed by atoms with Crippen LogP contribution in [0.5, 0.6) is 0 Å². The van der Waals surface area contributed by atoms with E-state index in [0.717, 1.165) is 12.0 Å². The standard InChI is InChI=1S/C18H19ClN4O2S/c1-3-5-14(24)22-11-20-16-18(22)26-17(12-7-9-13(19)10-8-12)21-23(16)15(25)6-4-2/h7-11H,3-6H2,1-2H3. The Hall–Kier alpha value is -2.12. The maximum absolute atomic E-state index is 12.6. The summed E-state index contributed by atoms with van der Waals surface area (Å²) in [4.78, 5) is 29.3. The Balaban J connectivity index is 2.04. The van der Waals surface area contributed by atoms with Crippen molar-refractivity contribution >= 4 is 46.0 Å². The maximum Gasteiger partial charge on any atom is 0.248 e. The molecule has 1 aromatic carbocycles. The normalized spacial score (nSPS) is 13.3. The number of anilines is 1. The molecule has 2 heterocycles. The van der Waals surface area contributed by atoms with Gasteiger partial charge in [0.2, 0.25) is 11.8 Å². The van der Waals surface area contributed by atoms with Gasteiger partial charge in [0, 0.05) is 23.4 Å². The van der Waals surface area contributed by atoms with Crippen LogP contribution in [0.2, 0.25) is 5.02 Å². The number of imidazole rings is 1. The molecule has 0 saturated carbocycles. The Bertz CT molecular complexity index is 861. The molecule has 8 heteroatoms. The largest absolute Gasteiger partial charge is 0.274 e. The van der Waals surface area contributed by atoms with Crippen LogP contribution >= 0.6 is 23.4 Å². The number of carbonyl (C=O) groups excluding carboxylic acids is 2. The lowest BCUT2D eigenvalue weighted by atomic mass is 10.2. The summed E-state index contributed by atoms with van der Waals surface area (Å²) < 4.78 is 1.51. The molecule has 1 aliphatic heterocycles. The van der Waals surface area contributed by atoms with Crippen molar-refractivity contribution in [3.63, 3.8) is 0 Å². The van der Waals surface area contributed by atoms with Gasteiger partial charge in [-0.2, -0.15) is 10.1 Å². The average Bonchev–Trinajstić information content (AvgIpc) is 3.06. The van der Waals surface area contributed by atoms with Crippen molar-refractivity contribution in [1.82, 2.24) is 9.55 Å². The smallest absolute Gasteiger partial charge is 0.248 e. The number of hydrogen-bond acceptors (Lipinski definition) is 5. The fraction of sp³-hybridized carbons (Fsp3) is 0.333. The van der Waals surface area contributed by atoms with Gasteiger partial charge in [0.05, 0.1) is 0 Å². The Labute approximate surface area is 161 Å². The van der Waals surface area contributed by atoms with Crippen molar-refractivity contribution in [3.8, 4) is 0 Å². The lowest BCUT2D eigenvalue weighted by molar-refractivity contribution is -0.118. The summed E-state index contributed by atoms with van der Waals surface area (Å²) in [6.07, 6.45) is 3.70. The predicted octanol–water partition coefficient (Wildman–Crippen LogP) is 4.58. The van der Waals surface area contributed by atoms with Crippen LogP contribution in [0.3, 0.4) is 0 Å². The first kappa shape index (κ1) is 18.7. The molecule has 0 radical (unpaired) electrons. The van der Waals surface area contributed by atoms with E-state index >= 15 is 0 Å². The molecule has 1 aromatic heterocycles. The quantitative estimate of drug-likeness (QED) is 0.749. The summed E-state index contributed by atoms with van der Waals surface area (Å²) in [6, 6.07) is 7.23. The number of carbonyl (C=O) groups is 2. The Kier molecular flexibility index (Phi) is 5.78. The first-order chi connectivity index (χ1) is 12.5. The van der Waals surface area contributed by atoms with Gasteiger partial charge in [-0.1, -0.05) is 37.6 Å². The molecular weight excluding hydrogens is 372 g/mol. The summed E-state index contributed by atoms with van der Waals surface area (Å²) >= 11 is 7.30. The highest BCUT2D eigenvalue weighted by molar-refractivity contribution is 8.14. The first-order valence-corrected chi connectivity index (χ1v) is 9.70. The number of amides is 1. The van der Waals surface area contributed by atoms with Crippen LogP contribution in [0, 0.1) is 0 Å². The summed E-state index contributed by atoms with van der Waals surface area (Å²) in [7, 11) is 0. The molecule has 0 spiro atoms. The number of fused-ring (bicyclic) bond motifs is 1. The van der Waals surface area contributed by atoms with Gasteiger partial charge in [-0.15, -0.1) is 0 Å². The van der Waals surface area contributed by atoms with E-state index in [9.17, 15) is 9.59 Å². The lowest BCUT2D eigenvalue weighted by Crippen LogP contribution is -2.30. The lowest BCUT2D eigenvalue weighted by Gasteiger charge is -2.23. The van der Waals surface area contributed by atoms with Crippen molar-refractivity contribution in [2.45, 2.75) is 44.6 Å². The predicted molar refractivity (Wildman–Crippen MR) is 104 cm³/mol. The van der Waals surface area contributed by atoms with Gasteiger partial charge in [-0.3, -0.25) is 14.2 Å². The van der Waals surface area contributed by atoms with E-state index < -0.39 is 0 Å². The third kappa shape index (κ3) is 3.68. The third-order valence-corrected chi connectivity index (χ3v) is 5.15. The monoisotopic (exact) mass is 390 g/mol. The van der Waals surface area contributed by atoms with Gasteiger partial charge < -0.3 is 0 Å². The van der Waals surface area contributed by atoms with Gasteiger partial charge in [0.25, 0.3) is 0 Å². The molecular formula is C18H19ClN4O2S. The van der Waals surface area contributed by atoms with Gasteiger partial charge in [-0.25, -0.2) is 4.98 Å². The van der Waals surface area contributed by atoms with Crippen molar-refractivity contribution < 1.29 is 9.59 Å². The molecule has 0 unspecified atom stereocenters. The number of hydrogen-bond donors (Lipinski definition) is 0. The van der Waals surface area contributed by atoms with Gasteiger partial charge in [-0.05, 0) is 36.7 Å². The molecule has 0 atom stereocenters. The molecule has 0 bridgehead atoms. The van der Waals surface area contributed by atoms with Crippen LogP contribution in [0.25, 0.3) is 0 Å². The van der Waals surface area contributed by atoms with E-state index in [0.29, 0.717) is 40.2 Å². The fourth-order valence-corrected chi connectivity index (χ4v) is 3.70. The van der Waals surface area contributed by atoms with Crippen LogP contribution < -0.4 is 5.01 Å². The minimum atomic E-state index is -0.145. The molecule has 0 saturated heterocycles. The molecule has 1 aliphatic rings. The zero-order chi connectivity index (χ0) is 18.7. The zero-order valence-electron chi connectivity index (χ0n) is 14.6. The molecule has 3 rings (SSSR count). The first-order valence-electron chi connectivity index (χ1n) is 8.51. The molecule has 0 N–H and O–H groups in total. The third-order valence-electron chi connectivity index (χ3n) is 3.81.